The third-order valence-corrected chi connectivity index (χ3v) is 2.87. The Bertz CT molecular complexity index is 417. The quantitative estimate of drug-likeness (QED) is 0.814. The molecule has 1 atom stereocenters. The maximum Gasteiger partial charge on any atom is 0.346 e. The minimum absolute atomic E-state index is 0.363. The smallest absolute Gasteiger partial charge is 0.346 e. The second kappa shape index (κ2) is 5.08. The molecule has 4 heteroatoms. The van der Waals surface area contributed by atoms with Gasteiger partial charge in [-0.1, -0.05) is 12.1 Å². The van der Waals surface area contributed by atoms with Crippen LogP contribution >= 0.6 is 0 Å². The molecule has 0 aromatic heterocycles. The van der Waals surface area contributed by atoms with E-state index in [2.05, 4.69) is 16.1 Å². The van der Waals surface area contributed by atoms with E-state index < -0.39 is 6.10 Å². The van der Waals surface area contributed by atoms with Crippen molar-refractivity contribution in [2.45, 2.75) is 25.9 Å². The number of aryl methyl sites for hydroxylation is 1. The molecule has 17 heavy (non-hydrogen) atoms. The molecule has 0 amide bonds. The summed E-state index contributed by atoms with van der Waals surface area (Å²) in [6.45, 7) is 2.63. The van der Waals surface area contributed by atoms with Gasteiger partial charge in [0.2, 0.25) is 0 Å². The van der Waals surface area contributed by atoms with E-state index in [0.29, 0.717) is 0 Å². The molecule has 0 bridgehead atoms. The van der Waals surface area contributed by atoms with Gasteiger partial charge in [-0.15, -0.1) is 0 Å². The molecule has 1 heterocycles. The van der Waals surface area contributed by atoms with Crippen LogP contribution in [0.15, 0.2) is 18.2 Å². The van der Waals surface area contributed by atoms with Crippen LogP contribution in [0.3, 0.4) is 0 Å². The molecule has 0 radical (unpaired) electrons. The summed E-state index contributed by atoms with van der Waals surface area (Å²) in [6, 6.07) is 5.90. The van der Waals surface area contributed by atoms with Gasteiger partial charge in [-0.05, 0) is 31.4 Å². The molecule has 1 aliphatic rings. The zero-order valence-corrected chi connectivity index (χ0v) is 10.2. The van der Waals surface area contributed by atoms with Crippen molar-refractivity contribution >= 4 is 11.7 Å². The molecule has 1 unspecified atom stereocenters. The molecular weight excluding hydrogens is 218 g/mol. The Balaban J connectivity index is 2.18. The zero-order chi connectivity index (χ0) is 12.3. The Morgan fingerprint density at radius 3 is 3.06 bits per heavy atom. The molecule has 0 saturated heterocycles. The van der Waals surface area contributed by atoms with Crippen LogP contribution in [-0.4, -0.2) is 25.7 Å². The van der Waals surface area contributed by atoms with Crippen molar-refractivity contribution < 1.29 is 14.3 Å². The predicted molar refractivity (Wildman–Crippen MR) is 65.4 cm³/mol. The fraction of sp³-hybridized carbons (Fsp3) is 0.462. The fourth-order valence-electron chi connectivity index (χ4n) is 1.98. The van der Waals surface area contributed by atoms with E-state index >= 15 is 0 Å². The van der Waals surface area contributed by atoms with Crippen LogP contribution in [0.25, 0.3) is 0 Å². The molecule has 4 nitrogen and oxygen atoms in total. The number of nitrogens with one attached hydrogen (secondary N) is 1. The van der Waals surface area contributed by atoms with Gasteiger partial charge in [0.05, 0.1) is 12.8 Å². The second-order valence-electron chi connectivity index (χ2n) is 4.10. The predicted octanol–water partition coefficient (Wildman–Crippen LogP) is 1.98. The first kappa shape index (κ1) is 11.8. The van der Waals surface area contributed by atoms with Crippen LogP contribution in [-0.2, 0) is 16.0 Å². The van der Waals surface area contributed by atoms with Crippen molar-refractivity contribution in [2.24, 2.45) is 0 Å². The summed E-state index contributed by atoms with van der Waals surface area (Å²) in [4.78, 5) is 11.3. The normalized spacial score (nSPS) is 15.4. The van der Waals surface area contributed by atoms with Gasteiger partial charge in [0.25, 0.3) is 0 Å². The van der Waals surface area contributed by atoms with Gasteiger partial charge < -0.3 is 14.8 Å². The number of carbonyl (C=O) groups excluding carboxylic acids is 1. The maximum atomic E-state index is 11.3. The number of ether oxygens (including phenoxy) is 2. The van der Waals surface area contributed by atoms with Crippen LogP contribution < -0.4 is 10.1 Å². The summed E-state index contributed by atoms with van der Waals surface area (Å²) in [5.41, 5.74) is 2.25. The Labute approximate surface area is 101 Å². The van der Waals surface area contributed by atoms with Crippen molar-refractivity contribution in [1.29, 1.82) is 0 Å². The number of rotatable bonds is 3. The van der Waals surface area contributed by atoms with Crippen molar-refractivity contribution in [1.82, 2.24) is 0 Å². The number of fused-ring (bicyclic) bond motifs is 1. The minimum Gasteiger partial charge on any atom is -0.477 e. The number of carbonyl (C=O) groups is 1. The molecule has 1 aromatic carbocycles. The third kappa shape index (κ3) is 2.52. The minimum atomic E-state index is -0.588. The van der Waals surface area contributed by atoms with Gasteiger partial charge >= 0.3 is 5.97 Å². The standard InChI is InChI=1S/C13H17NO3/c1-9(13(15)16-2)17-11-7-3-5-10-6-4-8-14-12(10)11/h3,5,7,9,14H,4,6,8H2,1-2H3. The van der Waals surface area contributed by atoms with E-state index in [9.17, 15) is 4.79 Å². The summed E-state index contributed by atoms with van der Waals surface area (Å²) < 4.78 is 10.3. The van der Waals surface area contributed by atoms with Crippen LogP contribution in [0.5, 0.6) is 5.75 Å². The van der Waals surface area contributed by atoms with Gasteiger partial charge in [0.15, 0.2) is 6.10 Å². The lowest BCUT2D eigenvalue weighted by Crippen LogP contribution is -2.26. The number of anilines is 1. The van der Waals surface area contributed by atoms with E-state index in [1.165, 1.54) is 12.7 Å². The average Bonchev–Trinajstić information content (AvgIpc) is 2.38. The van der Waals surface area contributed by atoms with E-state index in [-0.39, 0.29) is 5.97 Å². The van der Waals surface area contributed by atoms with E-state index in [1.807, 2.05) is 12.1 Å². The molecule has 2 rings (SSSR count). The highest BCUT2D eigenvalue weighted by Crippen LogP contribution is 2.32. The number of para-hydroxylation sites is 1. The molecule has 92 valence electrons. The SMILES string of the molecule is COC(=O)C(C)Oc1cccc2c1NCCC2. The largest absolute Gasteiger partial charge is 0.477 e. The Kier molecular flexibility index (Phi) is 3.52. The fourth-order valence-corrected chi connectivity index (χ4v) is 1.98. The highest BCUT2D eigenvalue weighted by molar-refractivity contribution is 5.75. The first-order valence-corrected chi connectivity index (χ1v) is 5.82. The Morgan fingerprint density at radius 1 is 1.47 bits per heavy atom. The summed E-state index contributed by atoms with van der Waals surface area (Å²) in [7, 11) is 1.36. The van der Waals surface area contributed by atoms with Crippen LogP contribution in [0.2, 0.25) is 0 Å². The van der Waals surface area contributed by atoms with Gasteiger partial charge in [-0.25, -0.2) is 4.79 Å². The van der Waals surface area contributed by atoms with Crippen molar-refractivity contribution in [3.05, 3.63) is 23.8 Å². The number of hydrogen-bond donors (Lipinski definition) is 1. The summed E-state index contributed by atoms with van der Waals surface area (Å²) in [5, 5.41) is 3.32. The molecule has 0 fully saturated rings. The van der Waals surface area contributed by atoms with Crippen LogP contribution in [0.1, 0.15) is 18.9 Å². The molecule has 0 aliphatic carbocycles. The van der Waals surface area contributed by atoms with E-state index in [1.54, 1.807) is 6.92 Å². The number of esters is 1. The maximum absolute atomic E-state index is 11.3. The molecule has 1 aliphatic heterocycles. The van der Waals surface area contributed by atoms with Gasteiger partial charge in [0, 0.05) is 6.54 Å². The average molecular weight is 235 g/mol. The summed E-state index contributed by atoms with van der Waals surface area (Å²) >= 11 is 0. The van der Waals surface area contributed by atoms with Crippen molar-refractivity contribution in [3.8, 4) is 5.75 Å². The topological polar surface area (TPSA) is 47.6 Å². The lowest BCUT2D eigenvalue weighted by atomic mass is 10.0. The molecule has 1 N–H and O–H groups in total. The Hall–Kier alpha value is -1.71. The molecule has 0 spiro atoms. The lowest BCUT2D eigenvalue weighted by Gasteiger charge is -2.22. The highest BCUT2D eigenvalue weighted by atomic mass is 16.6. The highest BCUT2D eigenvalue weighted by Gasteiger charge is 2.19. The summed E-state index contributed by atoms with van der Waals surface area (Å²) in [5.74, 6) is 0.360. The number of methoxy groups -OCH3 is 1. The van der Waals surface area contributed by atoms with Crippen molar-refractivity contribution in [2.75, 3.05) is 19.0 Å². The van der Waals surface area contributed by atoms with Crippen LogP contribution in [0.4, 0.5) is 5.69 Å². The first-order chi connectivity index (χ1) is 8.22. The second-order valence-corrected chi connectivity index (χ2v) is 4.10. The van der Waals surface area contributed by atoms with Gasteiger partial charge in [-0.2, -0.15) is 0 Å². The molecular formula is C13H17NO3. The zero-order valence-electron chi connectivity index (χ0n) is 10.2. The lowest BCUT2D eigenvalue weighted by molar-refractivity contribution is -0.147. The molecule has 0 saturated carbocycles. The van der Waals surface area contributed by atoms with Gasteiger partial charge in [-0.3, -0.25) is 0 Å². The molecule has 1 aromatic rings. The van der Waals surface area contributed by atoms with Crippen molar-refractivity contribution in [3.63, 3.8) is 0 Å². The number of hydrogen-bond acceptors (Lipinski definition) is 4. The summed E-state index contributed by atoms with van der Waals surface area (Å²) in [6.07, 6.45) is 1.59. The van der Waals surface area contributed by atoms with Gasteiger partial charge in [0.1, 0.15) is 5.75 Å². The monoisotopic (exact) mass is 235 g/mol. The third-order valence-electron chi connectivity index (χ3n) is 2.87. The van der Waals surface area contributed by atoms with E-state index in [4.69, 9.17) is 4.74 Å². The van der Waals surface area contributed by atoms with Crippen LogP contribution in [0, 0.1) is 0 Å². The Morgan fingerprint density at radius 2 is 2.29 bits per heavy atom. The van der Waals surface area contributed by atoms with E-state index in [0.717, 1.165) is 30.8 Å². The first-order valence-electron chi connectivity index (χ1n) is 5.82. The number of benzene rings is 1.